The fourth-order valence-corrected chi connectivity index (χ4v) is 5.71. The van der Waals surface area contributed by atoms with Gasteiger partial charge in [-0.2, -0.15) is 0 Å². The van der Waals surface area contributed by atoms with Gasteiger partial charge < -0.3 is 9.30 Å². The van der Waals surface area contributed by atoms with Crippen LogP contribution in [-0.2, 0) is 13.2 Å². The highest BCUT2D eigenvalue weighted by molar-refractivity contribution is 6.33. The minimum Gasteiger partial charge on any atom is -0.488 e. The molecule has 2 aliphatic rings. The second-order valence-corrected chi connectivity index (χ2v) is 10.4. The molecule has 1 fully saturated rings. The van der Waals surface area contributed by atoms with E-state index in [4.69, 9.17) is 25.8 Å². The van der Waals surface area contributed by atoms with Crippen LogP contribution in [0.1, 0.15) is 66.0 Å². The molecule has 0 unspecified atom stereocenters. The summed E-state index contributed by atoms with van der Waals surface area (Å²) in [6.07, 6.45) is 5.13. The van der Waals surface area contributed by atoms with Gasteiger partial charge in [-0.05, 0) is 66.3 Å². The van der Waals surface area contributed by atoms with E-state index in [2.05, 4.69) is 31.8 Å². The number of nitrogens with zero attached hydrogens (tertiary/aromatic N) is 4. The van der Waals surface area contributed by atoms with Gasteiger partial charge in [-0.25, -0.2) is 19.2 Å². The van der Waals surface area contributed by atoms with Crippen LogP contribution in [0.25, 0.3) is 22.2 Å². The van der Waals surface area contributed by atoms with E-state index in [0.29, 0.717) is 40.3 Å². The average molecular weight is 544 g/mol. The van der Waals surface area contributed by atoms with E-state index < -0.39 is 11.6 Å². The number of ether oxygens (including phenoxy) is 1. The molecule has 7 rings (SSSR count). The fraction of sp³-hybridized carbons (Fsp3) is 0.241. The Labute approximate surface area is 227 Å². The van der Waals surface area contributed by atoms with E-state index in [9.17, 15) is 9.18 Å². The standard InChI is InChI=1S/C29H23ClFN5O3/c1-15(27-34-29(37)39-35-27)24-20-7-5-16(11-18(20)14-38-23-12-19(31)6-8-21(23)24)13-36-22-9-10-32-26(30)25(22)33-28(36)17-3-2-4-17/h5-12,17H,2-4,13-14H2,1H3,(H,34,35,37)/b24-15+. The van der Waals surface area contributed by atoms with Crippen molar-refractivity contribution in [1.29, 1.82) is 0 Å². The molecule has 0 amide bonds. The van der Waals surface area contributed by atoms with Crippen LogP contribution < -0.4 is 10.5 Å². The maximum absolute atomic E-state index is 14.2. The number of pyridine rings is 1. The SMILES string of the molecule is C/C(=C1/c2ccc(Cn3c(C4CCC4)nc4c(Cl)nccc43)cc2COc2cc(F)ccc21)c1noc(=O)[nH]1. The van der Waals surface area contributed by atoms with Gasteiger partial charge in [0.15, 0.2) is 11.0 Å². The Bertz CT molecular complexity index is 1850. The van der Waals surface area contributed by atoms with Crippen molar-refractivity contribution in [3.63, 3.8) is 0 Å². The summed E-state index contributed by atoms with van der Waals surface area (Å²) in [7, 11) is 0. The molecule has 0 bridgehead atoms. The summed E-state index contributed by atoms with van der Waals surface area (Å²) < 4.78 is 27.3. The number of aromatic amines is 1. The van der Waals surface area contributed by atoms with Crippen molar-refractivity contribution in [3.8, 4) is 5.75 Å². The average Bonchev–Trinajstić information content (AvgIpc) is 3.44. The third-order valence-electron chi connectivity index (χ3n) is 7.67. The molecule has 4 heterocycles. The van der Waals surface area contributed by atoms with E-state index in [-0.39, 0.29) is 6.61 Å². The van der Waals surface area contributed by atoms with Crippen LogP contribution in [0.3, 0.4) is 0 Å². The number of H-pyrrole nitrogens is 1. The molecule has 0 atom stereocenters. The molecule has 0 saturated heterocycles. The van der Waals surface area contributed by atoms with Gasteiger partial charge in [0.1, 0.15) is 29.5 Å². The first-order chi connectivity index (χ1) is 19.0. The third-order valence-corrected chi connectivity index (χ3v) is 7.95. The predicted octanol–water partition coefficient (Wildman–Crippen LogP) is 6.09. The first-order valence-electron chi connectivity index (χ1n) is 12.8. The summed E-state index contributed by atoms with van der Waals surface area (Å²) in [5.41, 5.74) is 6.76. The molecule has 196 valence electrons. The summed E-state index contributed by atoms with van der Waals surface area (Å²) in [5, 5.41) is 4.29. The Kier molecular flexibility index (Phi) is 5.62. The van der Waals surface area contributed by atoms with E-state index in [0.717, 1.165) is 52.0 Å². The quantitative estimate of drug-likeness (QED) is 0.275. The molecule has 39 heavy (non-hydrogen) atoms. The Morgan fingerprint density at radius 1 is 1.18 bits per heavy atom. The van der Waals surface area contributed by atoms with Gasteiger partial charge in [-0.1, -0.05) is 35.3 Å². The van der Waals surface area contributed by atoms with Crippen molar-refractivity contribution in [2.24, 2.45) is 0 Å². The number of rotatable bonds is 4. The van der Waals surface area contributed by atoms with Crippen molar-refractivity contribution < 1.29 is 13.7 Å². The Hall–Kier alpha value is -4.24. The first kappa shape index (κ1) is 23.8. The first-order valence-corrected chi connectivity index (χ1v) is 13.2. The Morgan fingerprint density at radius 3 is 2.79 bits per heavy atom. The summed E-state index contributed by atoms with van der Waals surface area (Å²) in [5.74, 6) is 1.13. The highest BCUT2D eigenvalue weighted by atomic mass is 35.5. The van der Waals surface area contributed by atoms with Crippen LogP contribution >= 0.6 is 11.6 Å². The van der Waals surface area contributed by atoms with Gasteiger partial charge in [0.05, 0.1) is 5.52 Å². The fourth-order valence-electron chi connectivity index (χ4n) is 5.51. The number of hydrogen-bond donors (Lipinski definition) is 1. The number of halogens is 2. The van der Waals surface area contributed by atoms with Crippen LogP contribution in [0, 0.1) is 5.82 Å². The number of allylic oxidation sites excluding steroid dienone is 1. The van der Waals surface area contributed by atoms with E-state index in [1.165, 1.54) is 18.6 Å². The van der Waals surface area contributed by atoms with Crippen LogP contribution in [0.2, 0.25) is 5.15 Å². The lowest BCUT2D eigenvalue weighted by Gasteiger charge is -2.26. The van der Waals surface area contributed by atoms with E-state index in [1.807, 2.05) is 19.1 Å². The molecular weight excluding hydrogens is 521 g/mol. The number of imidazole rings is 1. The van der Waals surface area contributed by atoms with E-state index in [1.54, 1.807) is 12.3 Å². The molecule has 0 spiro atoms. The summed E-state index contributed by atoms with van der Waals surface area (Å²) >= 11 is 6.41. The van der Waals surface area contributed by atoms with Crippen molar-refractivity contribution in [2.45, 2.75) is 45.3 Å². The molecule has 1 aliphatic carbocycles. The van der Waals surface area contributed by atoms with Crippen molar-refractivity contribution in [2.75, 3.05) is 0 Å². The highest BCUT2D eigenvalue weighted by Gasteiger charge is 2.28. The zero-order valence-electron chi connectivity index (χ0n) is 21.0. The van der Waals surface area contributed by atoms with Gasteiger partial charge in [-0.3, -0.25) is 9.51 Å². The predicted molar refractivity (Wildman–Crippen MR) is 144 cm³/mol. The topological polar surface area (TPSA) is 98.8 Å². The number of hydrogen-bond acceptors (Lipinski definition) is 6. The van der Waals surface area contributed by atoms with Gasteiger partial charge in [0, 0.05) is 35.9 Å². The molecule has 1 aliphatic heterocycles. The second-order valence-electron chi connectivity index (χ2n) is 10.0. The van der Waals surface area contributed by atoms with Gasteiger partial charge >= 0.3 is 5.76 Å². The molecule has 0 radical (unpaired) electrons. The molecule has 8 nitrogen and oxygen atoms in total. The lowest BCUT2D eigenvalue weighted by molar-refractivity contribution is 0.305. The molecule has 1 N–H and O–H groups in total. The number of fused-ring (bicyclic) bond motifs is 3. The summed E-state index contributed by atoms with van der Waals surface area (Å²) in [6.45, 7) is 2.70. The van der Waals surface area contributed by atoms with Crippen molar-refractivity contribution in [1.82, 2.24) is 24.7 Å². The van der Waals surface area contributed by atoms with Gasteiger partial charge in [0.2, 0.25) is 0 Å². The summed E-state index contributed by atoms with van der Waals surface area (Å²) in [4.78, 5) is 23.4. The maximum Gasteiger partial charge on any atom is 0.439 e. The summed E-state index contributed by atoms with van der Waals surface area (Å²) in [6, 6.07) is 12.6. The lowest BCUT2D eigenvalue weighted by atomic mass is 9.84. The van der Waals surface area contributed by atoms with E-state index >= 15 is 0 Å². The monoisotopic (exact) mass is 543 g/mol. The Balaban J connectivity index is 1.36. The molecule has 5 aromatic rings. The van der Waals surface area contributed by atoms with Crippen LogP contribution in [0.15, 0.2) is 58.0 Å². The minimum absolute atomic E-state index is 0.252. The normalized spacial score (nSPS) is 16.3. The highest BCUT2D eigenvalue weighted by Crippen LogP contribution is 2.42. The van der Waals surface area contributed by atoms with Gasteiger partial charge in [0.25, 0.3) is 0 Å². The lowest BCUT2D eigenvalue weighted by Crippen LogP contribution is -2.16. The van der Waals surface area contributed by atoms with Crippen molar-refractivity contribution >= 4 is 33.8 Å². The number of nitrogens with one attached hydrogen (secondary N) is 1. The molecular formula is C29H23ClFN5O3. The van der Waals surface area contributed by atoms with Gasteiger partial charge in [-0.15, -0.1) is 0 Å². The molecule has 1 saturated carbocycles. The van der Waals surface area contributed by atoms with Crippen LogP contribution in [0.5, 0.6) is 5.75 Å². The smallest absolute Gasteiger partial charge is 0.439 e. The zero-order valence-corrected chi connectivity index (χ0v) is 21.8. The Morgan fingerprint density at radius 2 is 2.03 bits per heavy atom. The molecule has 2 aromatic carbocycles. The molecule has 3 aromatic heterocycles. The maximum atomic E-state index is 14.2. The molecule has 10 heteroatoms. The van der Waals surface area contributed by atoms with Crippen LogP contribution in [0.4, 0.5) is 4.39 Å². The zero-order chi connectivity index (χ0) is 26.7. The number of aromatic nitrogens is 5. The largest absolute Gasteiger partial charge is 0.488 e. The van der Waals surface area contributed by atoms with Crippen LogP contribution in [-0.4, -0.2) is 24.7 Å². The van der Waals surface area contributed by atoms with Crippen molar-refractivity contribution in [3.05, 3.63) is 104 Å². The second kappa shape index (κ2) is 9.20. The minimum atomic E-state index is -0.644. The third kappa shape index (κ3) is 4.04. The number of benzene rings is 2.